The van der Waals surface area contributed by atoms with Gasteiger partial charge in [0.15, 0.2) is 32.3 Å². The van der Waals surface area contributed by atoms with E-state index in [1.54, 1.807) is 60.7 Å². The molecule has 15 nitrogen and oxygen atoms in total. The quantitative estimate of drug-likeness (QED) is 0.0707. The second-order valence-corrected chi connectivity index (χ2v) is 21.0. The van der Waals surface area contributed by atoms with Crippen LogP contribution in [0, 0.1) is 0 Å². The first kappa shape index (κ1) is 48.4. The van der Waals surface area contributed by atoms with Crippen LogP contribution in [-0.2, 0) is 42.5 Å². The summed E-state index contributed by atoms with van der Waals surface area (Å²) in [4.78, 5) is 0. The molecule has 0 bridgehead atoms. The first-order chi connectivity index (χ1) is 35.6. The van der Waals surface area contributed by atoms with Crippen molar-refractivity contribution in [3.05, 3.63) is 198 Å². The summed E-state index contributed by atoms with van der Waals surface area (Å²) in [7, 11) is -8.81. The third kappa shape index (κ3) is 10.8. The van der Waals surface area contributed by atoms with Crippen LogP contribution in [0.5, 0.6) is 34.5 Å². The lowest BCUT2D eigenvalue weighted by atomic mass is 10.2. The number of hydrogen-bond donors (Lipinski definition) is 0. The van der Waals surface area contributed by atoms with Crippen LogP contribution in [0.1, 0.15) is 47.4 Å². The fourth-order valence-corrected chi connectivity index (χ4v) is 13.6. The molecule has 0 atom stereocenters. The standard InChI is InChI=1S/C54H49O15P3/c55-72(38-16-2-1-3-17-38,49-28-14-12-26-47(49)68-70(64-43-22-8-4-18-39(43)51-56-30-31-57-51)65-44-23-9-5-19-40(44)52-58-32-33-59-52)50-29-15-13-27-48(50)69-71(66-45-24-10-6-20-41(45)53-60-34-35-61-53)67-46-25-11-7-21-42(46)54-62-36-37-63-54/h1-29,51-54H,30-37H2. The summed E-state index contributed by atoms with van der Waals surface area (Å²) in [6.07, 6.45) is -2.66. The summed E-state index contributed by atoms with van der Waals surface area (Å²) in [6.45, 7) is 3.43. The predicted molar refractivity (Wildman–Crippen MR) is 268 cm³/mol. The molecule has 7 aromatic rings. The topological polar surface area (TPSA) is 146 Å². The number of hydrogen-bond acceptors (Lipinski definition) is 15. The Balaban J connectivity index is 0.994. The molecule has 18 heteroatoms. The van der Waals surface area contributed by atoms with Gasteiger partial charge in [-0.05, 0) is 48.5 Å². The lowest BCUT2D eigenvalue weighted by molar-refractivity contribution is -0.0456. The molecule has 370 valence electrons. The van der Waals surface area contributed by atoms with Crippen molar-refractivity contribution in [3.8, 4) is 34.5 Å². The van der Waals surface area contributed by atoms with Crippen LogP contribution in [0.15, 0.2) is 176 Å². The normalized spacial score (nSPS) is 16.9. The molecule has 0 aromatic heterocycles. The SMILES string of the molecule is O=P(c1ccccc1)(c1ccccc1OP(Oc1ccccc1C1OCCO1)Oc1ccccc1C1OCCO1)c1ccccc1OP(Oc1ccccc1C1OCCO1)Oc1ccccc1C1OCCO1. The van der Waals surface area contributed by atoms with Gasteiger partial charge in [0.1, 0.15) is 34.5 Å². The highest BCUT2D eigenvalue weighted by molar-refractivity contribution is 7.85. The maximum Gasteiger partial charge on any atom is 0.530 e. The van der Waals surface area contributed by atoms with Gasteiger partial charge < -0.3 is 69.6 Å². The molecule has 0 unspecified atom stereocenters. The zero-order valence-corrected chi connectivity index (χ0v) is 41.4. The molecule has 11 rings (SSSR count). The van der Waals surface area contributed by atoms with Crippen LogP contribution >= 0.6 is 24.3 Å². The van der Waals surface area contributed by atoms with E-state index in [2.05, 4.69) is 0 Å². The minimum atomic E-state index is -4.01. The van der Waals surface area contributed by atoms with Gasteiger partial charge in [0, 0.05) is 5.30 Å². The van der Waals surface area contributed by atoms with Gasteiger partial charge in [-0.3, -0.25) is 0 Å². The van der Waals surface area contributed by atoms with Crippen LogP contribution in [-0.4, -0.2) is 52.9 Å². The van der Waals surface area contributed by atoms with Crippen LogP contribution in [0.2, 0.25) is 0 Å². The zero-order valence-electron chi connectivity index (χ0n) is 38.7. The van der Waals surface area contributed by atoms with Gasteiger partial charge >= 0.3 is 17.2 Å². The molecule has 4 fully saturated rings. The maximum absolute atomic E-state index is 16.9. The van der Waals surface area contributed by atoms with E-state index in [-0.39, 0.29) is 11.5 Å². The second kappa shape index (κ2) is 22.9. The van der Waals surface area contributed by atoms with Crippen molar-refractivity contribution >= 4 is 40.3 Å². The Kier molecular flexibility index (Phi) is 15.4. The van der Waals surface area contributed by atoms with Crippen LogP contribution in [0.25, 0.3) is 0 Å². The number of benzene rings is 7. The first-order valence-electron chi connectivity index (χ1n) is 23.4. The molecular formula is C54H49O15P3. The Labute approximate surface area is 419 Å². The summed E-state index contributed by atoms with van der Waals surface area (Å²) in [6, 6.07) is 53.0. The van der Waals surface area contributed by atoms with E-state index in [0.717, 1.165) is 0 Å². The van der Waals surface area contributed by atoms with E-state index >= 15 is 4.57 Å². The molecule has 0 radical (unpaired) electrons. The average molecular weight is 1030 g/mol. The molecule has 0 spiro atoms. The minimum absolute atomic E-state index is 0.230. The Hall–Kier alpha value is -5.89. The molecule has 7 aromatic carbocycles. The molecule has 0 N–H and O–H groups in total. The van der Waals surface area contributed by atoms with Crippen LogP contribution < -0.4 is 43.1 Å². The monoisotopic (exact) mass is 1030 g/mol. The minimum Gasteiger partial charge on any atom is -0.408 e. The van der Waals surface area contributed by atoms with Crippen molar-refractivity contribution in [3.63, 3.8) is 0 Å². The van der Waals surface area contributed by atoms with Crippen molar-refractivity contribution in [2.24, 2.45) is 0 Å². The second-order valence-electron chi connectivity index (χ2n) is 16.3. The molecule has 0 aliphatic carbocycles. The Morgan fingerprint density at radius 1 is 0.306 bits per heavy atom. The lowest BCUT2D eigenvalue weighted by Gasteiger charge is -2.27. The van der Waals surface area contributed by atoms with Gasteiger partial charge in [0.25, 0.3) is 0 Å². The average Bonchev–Trinajstić information content (AvgIpc) is 4.30. The largest absolute Gasteiger partial charge is 0.530 e. The number of rotatable bonds is 19. The smallest absolute Gasteiger partial charge is 0.408 e. The molecule has 4 heterocycles. The summed E-state index contributed by atoms with van der Waals surface area (Å²) in [5.74, 6) is 2.12. The summed E-state index contributed by atoms with van der Waals surface area (Å²) in [5, 5.41) is 1.18. The van der Waals surface area contributed by atoms with Gasteiger partial charge in [-0.2, -0.15) is 0 Å². The van der Waals surface area contributed by atoms with Crippen LogP contribution in [0.4, 0.5) is 0 Å². The Morgan fingerprint density at radius 3 is 0.847 bits per heavy atom. The van der Waals surface area contributed by atoms with Gasteiger partial charge in [-0.25, -0.2) is 0 Å². The van der Waals surface area contributed by atoms with Crippen molar-refractivity contribution < 1.29 is 69.6 Å². The number of ether oxygens (including phenoxy) is 8. The van der Waals surface area contributed by atoms with Gasteiger partial charge in [0.05, 0.1) is 85.7 Å². The van der Waals surface area contributed by atoms with Crippen molar-refractivity contribution in [2.45, 2.75) is 25.2 Å². The summed E-state index contributed by atoms with van der Waals surface area (Å²) in [5.41, 5.74) is 2.60. The van der Waals surface area contributed by atoms with Crippen molar-refractivity contribution in [2.75, 3.05) is 52.9 Å². The lowest BCUT2D eigenvalue weighted by Crippen LogP contribution is -2.27. The van der Waals surface area contributed by atoms with E-state index in [0.29, 0.717) is 114 Å². The Morgan fingerprint density at radius 2 is 0.542 bits per heavy atom. The fraction of sp³-hybridized carbons (Fsp3) is 0.222. The van der Waals surface area contributed by atoms with E-state index in [1.165, 1.54) is 0 Å². The summed E-state index contributed by atoms with van der Waals surface area (Å²) >= 11 is 0. The third-order valence-electron chi connectivity index (χ3n) is 11.7. The molecule has 4 aliphatic rings. The van der Waals surface area contributed by atoms with Crippen molar-refractivity contribution in [1.29, 1.82) is 0 Å². The third-order valence-corrected chi connectivity index (χ3v) is 16.9. The molecule has 4 saturated heterocycles. The predicted octanol–water partition coefficient (Wildman–Crippen LogP) is 11.0. The number of para-hydroxylation sites is 6. The zero-order chi connectivity index (χ0) is 48.5. The first-order valence-corrected chi connectivity index (χ1v) is 27.3. The molecule has 0 amide bonds. The van der Waals surface area contributed by atoms with E-state index in [1.807, 2.05) is 115 Å². The molecule has 4 aliphatic heterocycles. The highest BCUT2D eigenvalue weighted by atomic mass is 31.2. The molecule has 0 saturated carbocycles. The van der Waals surface area contributed by atoms with Crippen LogP contribution in [0.3, 0.4) is 0 Å². The summed E-state index contributed by atoms with van der Waals surface area (Å²) < 4.78 is 105. The van der Waals surface area contributed by atoms with Gasteiger partial charge in [-0.1, -0.05) is 127 Å². The van der Waals surface area contributed by atoms with E-state index in [4.69, 9.17) is 65.0 Å². The van der Waals surface area contributed by atoms with E-state index < -0.39 is 49.5 Å². The highest BCUT2D eigenvalue weighted by Gasteiger charge is 2.39. The fourth-order valence-electron chi connectivity index (χ4n) is 8.41. The van der Waals surface area contributed by atoms with Gasteiger partial charge in [0.2, 0.25) is 0 Å². The maximum atomic E-state index is 16.9. The Bertz CT molecular complexity index is 2660. The molecular weight excluding hydrogens is 982 g/mol. The van der Waals surface area contributed by atoms with Gasteiger partial charge in [-0.15, -0.1) is 0 Å². The highest BCUT2D eigenvalue weighted by Crippen LogP contribution is 2.54. The van der Waals surface area contributed by atoms with E-state index in [9.17, 15) is 0 Å². The van der Waals surface area contributed by atoms with Crippen molar-refractivity contribution in [1.82, 2.24) is 0 Å². The molecule has 72 heavy (non-hydrogen) atoms.